The minimum Gasteiger partial charge on any atom is -0.444 e. The lowest BCUT2D eigenvalue weighted by Gasteiger charge is -2.36. The van der Waals surface area contributed by atoms with Gasteiger partial charge < -0.3 is 15.0 Å². The van der Waals surface area contributed by atoms with E-state index >= 15 is 0 Å². The van der Waals surface area contributed by atoms with Gasteiger partial charge >= 0.3 is 6.09 Å². The number of benzene rings is 1. The summed E-state index contributed by atoms with van der Waals surface area (Å²) in [6.07, 6.45) is 5.33. The third-order valence-corrected chi connectivity index (χ3v) is 5.23. The molecule has 0 fully saturated rings. The second-order valence-electron chi connectivity index (χ2n) is 8.87. The molecule has 1 aromatic heterocycles. The van der Waals surface area contributed by atoms with Crippen molar-refractivity contribution in [2.45, 2.75) is 51.3 Å². The first-order valence-corrected chi connectivity index (χ1v) is 10.1. The first-order chi connectivity index (χ1) is 13.6. The number of carbonyl (C=O) groups excluding carboxylic acids is 1. The van der Waals surface area contributed by atoms with Gasteiger partial charge in [-0.25, -0.2) is 4.79 Å². The molecule has 1 aromatic carbocycles. The largest absolute Gasteiger partial charge is 0.444 e. The normalized spacial score (nSPS) is 19.8. The second kappa shape index (κ2) is 8.41. The van der Waals surface area contributed by atoms with Crippen molar-refractivity contribution in [2.24, 2.45) is 7.05 Å². The highest BCUT2D eigenvalue weighted by molar-refractivity contribution is 5.73. The van der Waals surface area contributed by atoms with Crippen LogP contribution in [-0.2, 0) is 11.8 Å². The Hall–Kier alpha value is -2.60. The Kier molecular flexibility index (Phi) is 6.13. The number of aryl methyl sites for hydroxylation is 1. The van der Waals surface area contributed by atoms with Crippen molar-refractivity contribution in [3.63, 3.8) is 0 Å². The highest BCUT2D eigenvalue weighted by atomic mass is 16.6. The van der Waals surface area contributed by atoms with Gasteiger partial charge in [-0.15, -0.1) is 0 Å². The summed E-state index contributed by atoms with van der Waals surface area (Å²) < 4.78 is 7.34. The van der Waals surface area contributed by atoms with Crippen molar-refractivity contribution in [1.82, 2.24) is 20.0 Å². The maximum absolute atomic E-state index is 12.3. The summed E-state index contributed by atoms with van der Waals surface area (Å²) in [5.41, 5.74) is 4.26. The Morgan fingerprint density at radius 2 is 1.97 bits per heavy atom. The fourth-order valence-electron chi connectivity index (χ4n) is 3.80. The van der Waals surface area contributed by atoms with Crippen molar-refractivity contribution in [3.8, 4) is 11.3 Å². The van der Waals surface area contributed by atoms with E-state index in [0.29, 0.717) is 0 Å². The zero-order chi connectivity index (χ0) is 21.2. The summed E-state index contributed by atoms with van der Waals surface area (Å²) in [4.78, 5) is 14.5. The number of carbonyl (C=O) groups is 1. The van der Waals surface area contributed by atoms with Crippen LogP contribution in [0.25, 0.3) is 16.8 Å². The van der Waals surface area contributed by atoms with Crippen LogP contribution in [0, 0.1) is 0 Å². The lowest BCUT2D eigenvalue weighted by atomic mass is 9.85. The third-order valence-electron chi connectivity index (χ3n) is 5.23. The van der Waals surface area contributed by atoms with Gasteiger partial charge in [0.05, 0.1) is 11.7 Å². The molecule has 29 heavy (non-hydrogen) atoms. The van der Waals surface area contributed by atoms with Crippen LogP contribution in [0.2, 0.25) is 0 Å². The van der Waals surface area contributed by atoms with Crippen LogP contribution in [0.5, 0.6) is 0 Å². The van der Waals surface area contributed by atoms with Crippen LogP contribution in [0.15, 0.2) is 42.6 Å². The van der Waals surface area contributed by atoms with E-state index in [4.69, 9.17) is 4.74 Å². The van der Waals surface area contributed by atoms with Gasteiger partial charge in [0.2, 0.25) is 0 Å². The average Bonchev–Trinajstić information content (AvgIpc) is 3.06. The average molecular weight is 397 g/mol. The Morgan fingerprint density at radius 1 is 1.24 bits per heavy atom. The fraction of sp³-hybridized carbons (Fsp3) is 0.478. The van der Waals surface area contributed by atoms with E-state index in [1.165, 1.54) is 11.1 Å². The molecule has 1 amide bonds. The third kappa shape index (κ3) is 5.26. The summed E-state index contributed by atoms with van der Waals surface area (Å²) in [6, 6.07) is 10.8. The van der Waals surface area contributed by atoms with E-state index in [-0.39, 0.29) is 18.2 Å². The van der Waals surface area contributed by atoms with Crippen LogP contribution in [0.3, 0.4) is 0 Å². The van der Waals surface area contributed by atoms with Gasteiger partial charge in [0.25, 0.3) is 0 Å². The molecule has 2 aromatic rings. The Bertz CT molecular complexity index is 892. The number of amides is 1. The van der Waals surface area contributed by atoms with E-state index in [0.717, 1.165) is 24.1 Å². The predicted octanol–water partition coefficient (Wildman–Crippen LogP) is 4.09. The van der Waals surface area contributed by atoms with Gasteiger partial charge in [0, 0.05) is 24.8 Å². The summed E-state index contributed by atoms with van der Waals surface area (Å²) in [5, 5.41) is 7.34. The van der Waals surface area contributed by atoms with Gasteiger partial charge in [-0.3, -0.25) is 4.68 Å². The Morgan fingerprint density at radius 3 is 2.59 bits per heavy atom. The van der Waals surface area contributed by atoms with Crippen molar-refractivity contribution >= 4 is 11.7 Å². The maximum atomic E-state index is 12.3. The molecule has 0 saturated heterocycles. The molecule has 0 spiro atoms. The highest BCUT2D eigenvalue weighted by Gasteiger charge is 2.30. The van der Waals surface area contributed by atoms with Crippen LogP contribution in [0.1, 0.15) is 39.2 Å². The van der Waals surface area contributed by atoms with E-state index in [1.54, 1.807) is 0 Å². The fourth-order valence-corrected chi connectivity index (χ4v) is 3.80. The van der Waals surface area contributed by atoms with Crippen molar-refractivity contribution in [1.29, 1.82) is 0 Å². The molecule has 0 radical (unpaired) electrons. The van der Waals surface area contributed by atoms with Crippen molar-refractivity contribution < 1.29 is 9.53 Å². The highest BCUT2D eigenvalue weighted by Crippen LogP contribution is 2.31. The van der Waals surface area contributed by atoms with Crippen LogP contribution in [0.4, 0.5) is 4.79 Å². The number of nitrogens with zero attached hydrogens (tertiary/aromatic N) is 3. The SMILES string of the molecule is CN(C)[C@H]1CC(c2cccc(-c3ccnn3C)c2)=CC[C@@H]1NC(=O)OC(C)(C)C. The quantitative estimate of drug-likeness (QED) is 0.846. The molecule has 6 heteroatoms. The van der Waals surface area contributed by atoms with E-state index in [9.17, 15) is 4.79 Å². The number of aromatic nitrogens is 2. The molecular formula is C23H32N4O2. The zero-order valence-electron chi connectivity index (χ0n) is 18.3. The van der Waals surface area contributed by atoms with E-state index in [2.05, 4.69) is 59.8 Å². The molecule has 156 valence electrons. The molecule has 0 aliphatic heterocycles. The van der Waals surface area contributed by atoms with Gasteiger partial charge in [-0.05, 0) is 71.0 Å². The molecular weight excluding hydrogens is 364 g/mol. The van der Waals surface area contributed by atoms with Crippen LogP contribution in [-0.4, -0.2) is 52.6 Å². The molecule has 0 unspecified atom stereocenters. The van der Waals surface area contributed by atoms with Crippen LogP contribution >= 0.6 is 0 Å². The van der Waals surface area contributed by atoms with Gasteiger partial charge in [-0.1, -0.05) is 24.3 Å². The number of likely N-dealkylation sites (N-methyl/N-ethyl adjacent to an activating group) is 1. The molecule has 6 nitrogen and oxygen atoms in total. The topological polar surface area (TPSA) is 59.4 Å². The number of rotatable bonds is 4. The monoisotopic (exact) mass is 396 g/mol. The van der Waals surface area contributed by atoms with E-state index < -0.39 is 5.60 Å². The minimum absolute atomic E-state index is 0.0175. The lowest BCUT2D eigenvalue weighted by Crippen LogP contribution is -2.51. The first-order valence-electron chi connectivity index (χ1n) is 10.1. The molecule has 2 atom stereocenters. The number of hydrogen-bond acceptors (Lipinski definition) is 4. The number of nitrogens with one attached hydrogen (secondary N) is 1. The number of alkyl carbamates (subject to hydrolysis) is 1. The van der Waals surface area contributed by atoms with Crippen molar-refractivity contribution in [2.75, 3.05) is 14.1 Å². The van der Waals surface area contributed by atoms with Gasteiger partial charge in [-0.2, -0.15) is 5.10 Å². The zero-order valence-corrected chi connectivity index (χ0v) is 18.3. The Labute approximate surface area is 173 Å². The molecule has 0 saturated carbocycles. The summed E-state index contributed by atoms with van der Waals surface area (Å²) in [5.74, 6) is 0. The number of ether oxygens (including phenoxy) is 1. The van der Waals surface area contributed by atoms with Gasteiger partial charge in [0.15, 0.2) is 0 Å². The summed E-state index contributed by atoms with van der Waals surface area (Å²) in [6.45, 7) is 5.64. The maximum Gasteiger partial charge on any atom is 0.407 e. The summed E-state index contributed by atoms with van der Waals surface area (Å²) >= 11 is 0. The number of hydrogen-bond donors (Lipinski definition) is 1. The van der Waals surface area contributed by atoms with Crippen molar-refractivity contribution in [3.05, 3.63) is 48.2 Å². The summed E-state index contributed by atoms with van der Waals surface area (Å²) in [7, 11) is 6.07. The predicted molar refractivity (Wildman–Crippen MR) is 116 cm³/mol. The molecule has 1 N–H and O–H groups in total. The molecule has 0 bridgehead atoms. The second-order valence-corrected chi connectivity index (χ2v) is 8.87. The van der Waals surface area contributed by atoms with Crippen LogP contribution < -0.4 is 5.32 Å². The minimum atomic E-state index is -0.500. The molecule has 3 rings (SSSR count). The van der Waals surface area contributed by atoms with Gasteiger partial charge in [0.1, 0.15) is 5.60 Å². The molecule has 1 aliphatic carbocycles. The first kappa shape index (κ1) is 21.1. The molecule has 1 heterocycles. The smallest absolute Gasteiger partial charge is 0.407 e. The van der Waals surface area contributed by atoms with E-state index in [1.807, 2.05) is 44.8 Å². The Balaban J connectivity index is 1.79. The lowest BCUT2D eigenvalue weighted by molar-refractivity contribution is 0.0474. The standard InChI is InChI=1S/C23H32N4O2/c1-23(2,3)29-22(28)25-19-11-10-17(15-21(19)26(4)5)16-8-7-9-18(14-16)20-12-13-24-27(20)6/h7-10,12-14,19,21H,11,15H2,1-6H3,(H,25,28)/t19-,21-/m0/s1. The molecule has 1 aliphatic rings.